The predicted octanol–water partition coefficient (Wildman–Crippen LogP) is 3.75. The summed E-state index contributed by atoms with van der Waals surface area (Å²) in [6.45, 7) is 4.17. The van der Waals surface area contributed by atoms with Crippen molar-refractivity contribution in [3.63, 3.8) is 0 Å². The molecule has 0 aromatic rings. The van der Waals surface area contributed by atoms with Gasteiger partial charge in [-0.2, -0.15) is 0 Å². The molecule has 1 heterocycles. The topological polar surface area (TPSA) is 18.5 Å². The van der Waals surface area contributed by atoms with Crippen LogP contribution in [-0.4, -0.2) is 19.0 Å². The van der Waals surface area contributed by atoms with Crippen molar-refractivity contribution in [1.29, 1.82) is 0 Å². The molecule has 2 nitrogen and oxygen atoms in total. The molecule has 1 aliphatic heterocycles. The second-order valence-electron chi connectivity index (χ2n) is 6.30. The number of hydrogen-bond donors (Lipinski definition) is 0. The first kappa shape index (κ1) is 12.0. The van der Waals surface area contributed by atoms with Gasteiger partial charge < -0.3 is 9.47 Å². The molecule has 3 atom stereocenters. The molecule has 1 spiro atoms. The average molecular weight is 238 g/mol. The van der Waals surface area contributed by atoms with E-state index in [-0.39, 0.29) is 5.79 Å². The zero-order chi connectivity index (χ0) is 11.7. The fraction of sp³-hybridized carbons (Fsp3) is 1.00. The van der Waals surface area contributed by atoms with Crippen LogP contribution in [-0.2, 0) is 9.47 Å². The molecular formula is C15H26O2. The molecule has 0 aromatic carbocycles. The lowest BCUT2D eigenvalue weighted by Crippen LogP contribution is -2.50. The highest BCUT2D eigenvalue weighted by Gasteiger charge is 2.49. The lowest BCUT2D eigenvalue weighted by atomic mass is 9.64. The van der Waals surface area contributed by atoms with Crippen molar-refractivity contribution in [2.45, 2.75) is 64.1 Å². The summed E-state index contributed by atoms with van der Waals surface area (Å²) < 4.78 is 12.4. The maximum absolute atomic E-state index is 6.19. The van der Waals surface area contributed by atoms with Gasteiger partial charge in [-0.25, -0.2) is 0 Å². The summed E-state index contributed by atoms with van der Waals surface area (Å²) in [7, 11) is 0. The minimum absolute atomic E-state index is 0.180. The third-order valence-corrected chi connectivity index (χ3v) is 5.23. The van der Waals surface area contributed by atoms with Gasteiger partial charge in [-0.15, -0.1) is 0 Å². The van der Waals surface area contributed by atoms with Crippen molar-refractivity contribution in [3.05, 3.63) is 0 Å². The third kappa shape index (κ3) is 2.26. The summed E-state index contributed by atoms with van der Waals surface area (Å²) in [5.41, 5.74) is 0. The monoisotopic (exact) mass is 238 g/mol. The van der Waals surface area contributed by atoms with Gasteiger partial charge in [0.2, 0.25) is 0 Å². The molecule has 2 aliphatic carbocycles. The van der Waals surface area contributed by atoms with Crippen LogP contribution in [0.2, 0.25) is 0 Å². The van der Waals surface area contributed by atoms with Gasteiger partial charge in [0.05, 0.1) is 13.2 Å². The van der Waals surface area contributed by atoms with E-state index in [4.69, 9.17) is 9.47 Å². The van der Waals surface area contributed by atoms with Gasteiger partial charge >= 0.3 is 0 Å². The van der Waals surface area contributed by atoms with Crippen LogP contribution in [0.4, 0.5) is 0 Å². The van der Waals surface area contributed by atoms with Gasteiger partial charge in [-0.05, 0) is 50.4 Å². The van der Waals surface area contributed by atoms with E-state index in [1.54, 1.807) is 0 Å². The van der Waals surface area contributed by atoms with E-state index in [0.717, 1.165) is 31.5 Å². The molecule has 3 fully saturated rings. The molecule has 2 saturated carbocycles. The van der Waals surface area contributed by atoms with Crippen LogP contribution in [0.1, 0.15) is 58.3 Å². The Hall–Kier alpha value is -0.0800. The van der Waals surface area contributed by atoms with Crippen molar-refractivity contribution in [2.24, 2.45) is 17.8 Å². The standard InChI is InChI=1S/C15H26O2/c1-2-12-9-13-5-6-15(14(10-12)11-13)16-7-3-4-8-17-15/h12-14H,2-11H2,1H3. The lowest BCUT2D eigenvalue weighted by molar-refractivity contribution is -0.283. The number of rotatable bonds is 1. The second kappa shape index (κ2) is 4.89. The van der Waals surface area contributed by atoms with Crippen LogP contribution in [0.25, 0.3) is 0 Å². The molecule has 2 heteroatoms. The van der Waals surface area contributed by atoms with Crippen molar-refractivity contribution < 1.29 is 9.47 Å². The molecule has 98 valence electrons. The van der Waals surface area contributed by atoms with Crippen molar-refractivity contribution in [1.82, 2.24) is 0 Å². The molecule has 3 aliphatic rings. The van der Waals surface area contributed by atoms with Gasteiger partial charge in [0.25, 0.3) is 0 Å². The Morgan fingerprint density at radius 1 is 1.06 bits per heavy atom. The fourth-order valence-electron chi connectivity index (χ4n) is 4.22. The van der Waals surface area contributed by atoms with Crippen LogP contribution >= 0.6 is 0 Å². The normalized spacial score (nSPS) is 41.1. The SMILES string of the molecule is CCC1CC2CCC3(OCCCCO3)C(C1)C2. The van der Waals surface area contributed by atoms with Gasteiger partial charge in [0.1, 0.15) is 0 Å². The highest BCUT2D eigenvalue weighted by atomic mass is 16.7. The summed E-state index contributed by atoms with van der Waals surface area (Å²) in [4.78, 5) is 0. The maximum atomic E-state index is 6.19. The molecule has 0 amide bonds. The summed E-state index contributed by atoms with van der Waals surface area (Å²) in [6.07, 6.45) is 10.3. The Labute approximate surface area is 105 Å². The van der Waals surface area contributed by atoms with E-state index in [1.807, 2.05) is 0 Å². The molecular weight excluding hydrogens is 212 g/mol. The average Bonchev–Trinajstić information content (AvgIpc) is 2.61. The maximum Gasteiger partial charge on any atom is 0.171 e. The molecule has 3 unspecified atom stereocenters. The first-order valence-corrected chi connectivity index (χ1v) is 7.60. The smallest absolute Gasteiger partial charge is 0.171 e. The summed E-state index contributed by atoms with van der Waals surface area (Å²) in [5.74, 6) is 2.38. The number of fused-ring (bicyclic) bond motifs is 3. The number of hydrogen-bond acceptors (Lipinski definition) is 2. The number of ether oxygens (including phenoxy) is 2. The van der Waals surface area contributed by atoms with Crippen LogP contribution < -0.4 is 0 Å². The van der Waals surface area contributed by atoms with Crippen molar-refractivity contribution in [2.75, 3.05) is 13.2 Å². The Balaban J connectivity index is 1.76. The van der Waals surface area contributed by atoms with Gasteiger partial charge in [0.15, 0.2) is 5.79 Å². The van der Waals surface area contributed by atoms with E-state index >= 15 is 0 Å². The van der Waals surface area contributed by atoms with Gasteiger partial charge in [0, 0.05) is 12.3 Å². The largest absolute Gasteiger partial charge is 0.350 e. The predicted molar refractivity (Wildman–Crippen MR) is 67.7 cm³/mol. The molecule has 0 radical (unpaired) electrons. The van der Waals surface area contributed by atoms with E-state index in [9.17, 15) is 0 Å². The Morgan fingerprint density at radius 3 is 2.53 bits per heavy atom. The van der Waals surface area contributed by atoms with Crippen LogP contribution in [0.5, 0.6) is 0 Å². The molecule has 2 bridgehead atoms. The van der Waals surface area contributed by atoms with Gasteiger partial charge in [-0.3, -0.25) is 0 Å². The Kier molecular flexibility index (Phi) is 3.45. The third-order valence-electron chi connectivity index (χ3n) is 5.23. The Bertz CT molecular complexity index is 256. The summed E-state index contributed by atoms with van der Waals surface area (Å²) >= 11 is 0. The quantitative estimate of drug-likeness (QED) is 0.692. The molecule has 3 rings (SSSR count). The van der Waals surface area contributed by atoms with E-state index in [1.165, 1.54) is 44.9 Å². The first-order valence-electron chi connectivity index (χ1n) is 7.60. The molecule has 0 N–H and O–H groups in total. The minimum atomic E-state index is -0.180. The zero-order valence-electron chi connectivity index (χ0n) is 11.1. The van der Waals surface area contributed by atoms with Crippen LogP contribution in [0.3, 0.4) is 0 Å². The van der Waals surface area contributed by atoms with E-state index in [0.29, 0.717) is 5.92 Å². The molecule has 17 heavy (non-hydrogen) atoms. The second-order valence-corrected chi connectivity index (χ2v) is 6.30. The van der Waals surface area contributed by atoms with Crippen LogP contribution in [0.15, 0.2) is 0 Å². The summed E-state index contributed by atoms with van der Waals surface area (Å²) in [6, 6.07) is 0. The lowest BCUT2D eigenvalue weighted by Gasteiger charge is -2.50. The highest BCUT2D eigenvalue weighted by Crippen LogP contribution is 2.50. The Morgan fingerprint density at radius 2 is 1.82 bits per heavy atom. The summed E-state index contributed by atoms with van der Waals surface area (Å²) in [5, 5.41) is 0. The first-order chi connectivity index (χ1) is 8.32. The highest BCUT2D eigenvalue weighted by molar-refractivity contribution is 4.93. The van der Waals surface area contributed by atoms with E-state index < -0.39 is 0 Å². The van der Waals surface area contributed by atoms with Gasteiger partial charge in [-0.1, -0.05) is 13.3 Å². The van der Waals surface area contributed by atoms with Crippen molar-refractivity contribution >= 4 is 0 Å². The van der Waals surface area contributed by atoms with E-state index in [2.05, 4.69) is 6.92 Å². The minimum Gasteiger partial charge on any atom is -0.350 e. The van der Waals surface area contributed by atoms with Crippen molar-refractivity contribution in [3.8, 4) is 0 Å². The zero-order valence-corrected chi connectivity index (χ0v) is 11.1. The fourth-order valence-corrected chi connectivity index (χ4v) is 4.22. The molecule has 1 saturated heterocycles. The molecule has 0 aromatic heterocycles. The van der Waals surface area contributed by atoms with Crippen LogP contribution in [0, 0.1) is 17.8 Å².